The number of fused-ring (bicyclic) bond motifs is 1. The number of aromatic nitrogens is 2. The summed E-state index contributed by atoms with van der Waals surface area (Å²) >= 11 is 0. The molecule has 3 rings (SSSR count). The highest BCUT2D eigenvalue weighted by Crippen LogP contribution is 2.21. The van der Waals surface area contributed by atoms with Crippen LogP contribution in [0.3, 0.4) is 0 Å². The van der Waals surface area contributed by atoms with Gasteiger partial charge >= 0.3 is 0 Å². The number of ketones is 1. The lowest BCUT2D eigenvalue weighted by molar-refractivity contribution is -0.135. The minimum atomic E-state index is -0.570. The number of aliphatic imine (C=N–C) groups is 1. The molecule has 158 valence electrons. The fourth-order valence-electron chi connectivity index (χ4n) is 3.86. The molecule has 0 radical (unpaired) electrons. The summed E-state index contributed by atoms with van der Waals surface area (Å²) in [6, 6.07) is 7.19. The summed E-state index contributed by atoms with van der Waals surface area (Å²) in [6.07, 6.45) is 5.36. The number of nitrogens with one attached hydrogen (secondary N) is 2. The van der Waals surface area contributed by atoms with Crippen LogP contribution in [0.15, 0.2) is 34.1 Å². The van der Waals surface area contributed by atoms with Gasteiger partial charge in [-0.3, -0.25) is 19.4 Å². The zero-order chi connectivity index (χ0) is 21.5. The van der Waals surface area contributed by atoms with Crippen molar-refractivity contribution in [3.8, 4) is 0 Å². The third-order valence-corrected chi connectivity index (χ3v) is 5.53. The van der Waals surface area contributed by atoms with E-state index in [0.717, 1.165) is 6.21 Å². The Morgan fingerprint density at radius 3 is 2.77 bits per heavy atom. The number of carbonyl (C=O) groups excluding carboxylic acids is 2. The van der Waals surface area contributed by atoms with Gasteiger partial charge in [-0.15, -0.1) is 0 Å². The second-order valence-corrected chi connectivity index (χ2v) is 7.54. The van der Waals surface area contributed by atoms with Crippen molar-refractivity contribution in [2.24, 2.45) is 16.8 Å². The zero-order valence-electron chi connectivity index (χ0n) is 17.1. The van der Waals surface area contributed by atoms with Gasteiger partial charge in [0.2, 0.25) is 5.91 Å². The number of hydrogen-bond acceptors (Lipinski definition) is 6. The molecule has 0 saturated carbocycles. The van der Waals surface area contributed by atoms with Gasteiger partial charge in [-0.1, -0.05) is 12.1 Å². The van der Waals surface area contributed by atoms with E-state index in [1.165, 1.54) is 6.21 Å². The van der Waals surface area contributed by atoms with Crippen molar-refractivity contribution in [2.45, 2.75) is 32.1 Å². The first-order valence-corrected chi connectivity index (χ1v) is 10.3. The fraction of sp³-hybridized carbons (Fsp3) is 0.455. The number of aromatic amines is 1. The van der Waals surface area contributed by atoms with Gasteiger partial charge in [-0.25, -0.2) is 4.98 Å². The van der Waals surface area contributed by atoms with Crippen LogP contribution in [-0.2, 0) is 16.0 Å². The summed E-state index contributed by atoms with van der Waals surface area (Å²) < 4.78 is 0. The van der Waals surface area contributed by atoms with Crippen molar-refractivity contribution in [2.75, 3.05) is 20.1 Å². The highest BCUT2D eigenvalue weighted by atomic mass is 16.2. The number of nitrogens with zero attached hydrogens (tertiary/aromatic N) is 3. The molecule has 1 atom stereocenters. The molecule has 2 N–H and O–H groups in total. The lowest BCUT2D eigenvalue weighted by Crippen LogP contribution is -2.41. The monoisotopic (exact) mass is 409 g/mol. The molecular weight excluding hydrogens is 382 g/mol. The van der Waals surface area contributed by atoms with Crippen LogP contribution in [-0.4, -0.2) is 59.1 Å². The Kier molecular flexibility index (Phi) is 7.21. The maximum atomic E-state index is 12.5. The molecule has 0 bridgehead atoms. The van der Waals surface area contributed by atoms with Crippen LogP contribution in [0.1, 0.15) is 31.5 Å². The Morgan fingerprint density at radius 2 is 2.07 bits per heavy atom. The van der Waals surface area contributed by atoms with E-state index in [9.17, 15) is 14.4 Å². The average Bonchev–Trinajstić information content (AvgIpc) is 2.77. The zero-order valence-corrected chi connectivity index (χ0v) is 17.1. The summed E-state index contributed by atoms with van der Waals surface area (Å²) in [5.74, 6) is -0.0488. The van der Waals surface area contributed by atoms with Gasteiger partial charge in [0.15, 0.2) is 0 Å². The first-order chi connectivity index (χ1) is 14.5. The standard InChI is InChI=1S/C22H27N5O3/c1-24-14-16(13-23)21(29)15-9-11-27(12-10-15)20(28)8-4-7-19-25-18-6-3-2-5-17(18)22(30)26-19/h2-3,5-6,13-16,23H,4,7-12H2,1H3,(H,25,26,30). The highest BCUT2D eigenvalue weighted by molar-refractivity contribution is 6.08. The van der Waals surface area contributed by atoms with Crippen LogP contribution >= 0.6 is 0 Å². The molecule has 1 aromatic carbocycles. The van der Waals surface area contributed by atoms with Crippen LogP contribution < -0.4 is 5.56 Å². The van der Waals surface area contributed by atoms with Gasteiger partial charge < -0.3 is 15.3 Å². The molecule has 0 aliphatic carbocycles. The molecule has 2 aromatic rings. The molecule has 1 aliphatic heterocycles. The second-order valence-electron chi connectivity index (χ2n) is 7.54. The summed E-state index contributed by atoms with van der Waals surface area (Å²) in [5.41, 5.74) is 0.496. The molecule has 1 aliphatic rings. The van der Waals surface area contributed by atoms with E-state index in [1.54, 1.807) is 30.1 Å². The maximum Gasteiger partial charge on any atom is 0.258 e. The molecule has 1 saturated heterocycles. The van der Waals surface area contributed by atoms with Gasteiger partial charge in [0.25, 0.3) is 5.56 Å². The van der Waals surface area contributed by atoms with Crippen molar-refractivity contribution in [3.63, 3.8) is 0 Å². The van der Waals surface area contributed by atoms with Crippen LogP contribution in [0, 0.1) is 17.2 Å². The first kappa shape index (κ1) is 21.5. The van der Waals surface area contributed by atoms with E-state index in [0.29, 0.717) is 61.9 Å². The van der Waals surface area contributed by atoms with Gasteiger partial charge in [0.1, 0.15) is 11.6 Å². The number of piperidine rings is 1. The summed E-state index contributed by atoms with van der Waals surface area (Å²) in [4.78, 5) is 50.0. The van der Waals surface area contributed by atoms with Gasteiger partial charge in [-0.2, -0.15) is 0 Å². The highest BCUT2D eigenvalue weighted by Gasteiger charge is 2.30. The Balaban J connectivity index is 1.48. The number of rotatable bonds is 8. The van der Waals surface area contributed by atoms with E-state index in [2.05, 4.69) is 15.0 Å². The lowest BCUT2D eigenvalue weighted by Gasteiger charge is -2.32. The minimum Gasteiger partial charge on any atom is -0.343 e. The third-order valence-electron chi connectivity index (χ3n) is 5.53. The van der Waals surface area contributed by atoms with Crippen molar-refractivity contribution in [3.05, 3.63) is 40.4 Å². The smallest absolute Gasteiger partial charge is 0.258 e. The average molecular weight is 409 g/mol. The molecule has 0 spiro atoms. The van der Waals surface area contributed by atoms with Crippen LogP contribution in [0.25, 0.3) is 10.9 Å². The number of hydrogen-bond donors (Lipinski definition) is 2. The van der Waals surface area contributed by atoms with Gasteiger partial charge in [-0.05, 0) is 31.4 Å². The predicted molar refractivity (Wildman–Crippen MR) is 116 cm³/mol. The van der Waals surface area contributed by atoms with E-state index in [-0.39, 0.29) is 23.2 Å². The van der Waals surface area contributed by atoms with Crippen molar-refractivity contribution in [1.29, 1.82) is 5.41 Å². The lowest BCUT2D eigenvalue weighted by atomic mass is 9.86. The summed E-state index contributed by atoms with van der Waals surface area (Å²) in [6.45, 7) is 1.10. The quantitative estimate of drug-likeness (QED) is 0.648. The van der Waals surface area contributed by atoms with Gasteiger partial charge in [0, 0.05) is 51.3 Å². The normalized spacial score (nSPS) is 16.1. The number of amides is 1. The molecule has 30 heavy (non-hydrogen) atoms. The molecule has 8 heteroatoms. The number of aryl methyl sites for hydroxylation is 1. The number of H-pyrrole nitrogens is 1. The maximum absolute atomic E-state index is 12.5. The number of benzene rings is 1. The Morgan fingerprint density at radius 1 is 1.33 bits per heavy atom. The Bertz CT molecular complexity index is 1010. The molecule has 2 heterocycles. The Hall–Kier alpha value is -3.16. The fourth-order valence-corrected chi connectivity index (χ4v) is 3.86. The molecule has 1 unspecified atom stereocenters. The number of carbonyl (C=O) groups is 2. The number of likely N-dealkylation sites (tertiary alicyclic amines) is 1. The van der Waals surface area contributed by atoms with Crippen LogP contribution in [0.4, 0.5) is 0 Å². The minimum absolute atomic E-state index is 0.00836. The summed E-state index contributed by atoms with van der Waals surface area (Å²) in [7, 11) is 1.59. The van der Waals surface area contributed by atoms with E-state index in [4.69, 9.17) is 5.41 Å². The number of para-hydroxylation sites is 1. The van der Waals surface area contributed by atoms with E-state index >= 15 is 0 Å². The summed E-state index contributed by atoms with van der Waals surface area (Å²) in [5, 5.41) is 7.96. The largest absolute Gasteiger partial charge is 0.343 e. The molecule has 1 amide bonds. The molecule has 1 aromatic heterocycles. The van der Waals surface area contributed by atoms with Crippen LogP contribution in [0.5, 0.6) is 0 Å². The Labute approximate surface area is 174 Å². The molecule has 8 nitrogen and oxygen atoms in total. The third kappa shape index (κ3) is 5.06. The first-order valence-electron chi connectivity index (χ1n) is 10.3. The van der Waals surface area contributed by atoms with Crippen LogP contribution in [0.2, 0.25) is 0 Å². The molecular formula is C22H27N5O3. The topological polar surface area (TPSA) is 119 Å². The van der Waals surface area contributed by atoms with Crippen molar-refractivity contribution in [1.82, 2.24) is 14.9 Å². The molecule has 1 fully saturated rings. The van der Waals surface area contributed by atoms with Gasteiger partial charge in [0.05, 0.1) is 16.8 Å². The van der Waals surface area contributed by atoms with Crippen molar-refractivity contribution < 1.29 is 9.59 Å². The number of Topliss-reactive ketones (excluding diaryl/α,β-unsaturated/α-hetero) is 1. The van der Waals surface area contributed by atoms with E-state index < -0.39 is 5.92 Å². The second kappa shape index (κ2) is 10.0. The van der Waals surface area contributed by atoms with Crippen molar-refractivity contribution >= 4 is 35.0 Å². The van der Waals surface area contributed by atoms with E-state index in [1.807, 2.05) is 6.07 Å². The predicted octanol–water partition coefficient (Wildman–Crippen LogP) is 2.02. The SMILES string of the molecule is CN=CC(C=N)C(=O)C1CCN(C(=O)CCCc2nc3ccccc3c(=O)[nH]2)CC1.